The van der Waals surface area contributed by atoms with Crippen LogP contribution in [0.3, 0.4) is 0 Å². The summed E-state index contributed by atoms with van der Waals surface area (Å²) in [6.07, 6.45) is 1.62. The summed E-state index contributed by atoms with van der Waals surface area (Å²) in [5.74, 6) is 2.11. The highest BCUT2D eigenvalue weighted by molar-refractivity contribution is 6.30. The van der Waals surface area contributed by atoms with Gasteiger partial charge in [-0.05, 0) is 68.3 Å². The average molecular weight is 504 g/mol. The molecule has 0 spiro atoms. The van der Waals surface area contributed by atoms with E-state index in [0.29, 0.717) is 35.8 Å². The Balaban J connectivity index is 1.38. The number of aromatic nitrogens is 2. The van der Waals surface area contributed by atoms with Gasteiger partial charge in [-0.2, -0.15) is 5.10 Å². The van der Waals surface area contributed by atoms with Crippen molar-refractivity contribution in [1.29, 1.82) is 0 Å². The lowest BCUT2D eigenvalue weighted by Gasteiger charge is -2.25. The van der Waals surface area contributed by atoms with Gasteiger partial charge in [0.1, 0.15) is 24.2 Å². The minimum Gasteiger partial charge on any atom is -0.491 e. The van der Waals surface area contributed by atoms with Crippen molar-refractivity contribution in [2.45, 2.75) is 38.5 Å². The van der Waals surface area contributed by atoms with Gasteiger partial charge in [0.25, 0.3) is 0 Å². The summed E-state index contributed by atoms with van der Waals surface area (Å²) in [6, 6.07) is 27.3. The normalized spacial score (nSPS) is 14.1. The van der Waals surface area contributed by atoms with Crippen LogP contribution in [-0.4, -0.2) is 45.1 Å². The highest BCUT2D eigenvalue weighted by Gasteiger charge is 2.32. The molecule has 1 aromatic heterocycles. The number of rotatable bonds is 11. The second-order valence-electron chi connectivity index (χ2n) is 9.11. The summed E-state index contributed by atoms with van der Waals surface area (Å²) in [7, 11) is 0. The Hall–Kier alpha value is -3.32. The van der Waals surface area contributed by atoms with E-state index < -0.39 is 6.10 Å². The molecule has 6 nitrogen and oxygen atoms in total. The molecule has 3 aromatic carbocycles. The monoisotopic (exact) mass is 503 g/mol. The largest absolute Gasteiger partial charge is 0.491 e. The second kappa shape index (κ2) is 11.2. The first kappa shape index (κ1) is 24.4. The Morgan fingerprint density at radius 1 is 0.972 bits per heavy atom. The third-order valence-corrected chi connectivity index (χ3v) is 6.47. The molecule has 0 bridgehead atoms. The Kier molecular flexibility index (Phi) is 7.56. The van der Waals surface area contributed by atoms with Crippen LogP contribution in [0.4, 0.5) is 0 Å². The maximum Gasteiger partial charge on any atom is 0.227 e. The first-order chi connectivity index (χ1) is 17.6. The van der Waals surface area contributed by atoms with Gasteiger partial charge in [0.05, 0.1) is 16.9 Å². The molecule has 0 unspecified atom stereocenters. The Morgan fingerprint density at radius 2 is 1.64 bits per heavy atom. The number of ether oxygens (including phenoxy) is 2. The number of nitrogens with zero attached hydrogens (tertiary/aromatic N) is 3. The molecule has 0 saturated heterocycles. The molecule has 7 heteroatoms. The first-order valence-electron chi connectivity index (χ1n) is 12.2. The number of benzene rings is 3. The van der Waals surface area contributed by atoms with E-state index in [0.717, 1.165) is 35.5 Å². The molecular formula is C29H30ClN3O3. The van der Waals surface area contributed by atoms with Crippen LogP contribution in [0.15, 0.2) is 84.9 Å². The number of para-hydroxylation sites is 2. The molecule has 1 aliphatic carbocycles. The van der Waals surface area contributed by atoms with Crippen molar-refractivity contribution >= 4 is 11.6 Å². The van der Waals surface area contributed by atoms with Gasteiger partial charge < -0.3 is 14.6 Å². The molecule has 1 saturated carbocycles. The van der Waals surface area contributed by atoms with E-state index in [2.05, 4.69) is 4.90 Å². The number of hydrogen-bond acceptors (Lipinski definition) is 5. The molecule has 0 radical (unpaired) electrons. The fourth-order valence-corrected chi connectivity index (χ4v) is 4.33. The van der Waals surface area contributed by atoms with Crippen molar-refractivity contribution in [2.75, 3.05) is 13.2 Å². The Labute approximate surface area is 216 Å². The SMILES string of the molecule is Cc1nn(-c2ccccc2)c(Oc2ccc(Cl)cc2)c1CN(C[C@H](O)COc1ccccc1)C1CC1. The van der Waals surface area contributed by atoms with Crippen LogP contribution < -0.4 is 9.47 Å². The quantitative estimate of drug-likeness (QED) is 0.271. The minimum absolute atomic E-state index is 0.240. The van der Waals surface area contributed by atoms with E-state index in [4.69, 9.17) is 26.2 Å². The van der Waals surface area contributed by atoms with Crippen LogP contribution >= 0.6 is 11.6 Å². The third kappa shape index (κ3) is 6.08. The Morgan fingerprint density at radius 3 is 2.31 bits per heavy atom. The van der Waals surface area contributed by atoms with Crippen molar-refractivity contribution in [3.63, 3.8) is 0 Å². The van der Waals surface area contributed by atoms with Crippen LogP contribution in [-0.2, 0) is 6.54 Å². The summed E-state index contributed by atoms with van der Waals surface area (Å²) < 4.78 is 14.0. The van der Waals surface area contributed by atoms with Gasteiger partial charge in [0.2, 0.25) is 5.88 Å². The van der Waals surface area contributed by atoms with E-state index in [1.54, 1.807) is 0 Å². The number of halogens is 1. The molecular weight excluding hydrogens is 474 g/mol. The molecule has 1 fully saturated rings. The summed E-state index contributed by atoms with van der Waals surface area (Å²) in [4.78, 5) is 2.31. The highest BCUT2D eigenvalue weighted by atomic mass is 35.5. The minimum atomic E-state index is -0.615. The smallest absolute Gasteiger partial charge is 0.227 e. The van der Waals surface area contributed by atoms with Crippen LogP contribution in [0.5, 0.6) is 17.4 Å². The fraction of sp³-hybridized carbons (Fsp3) is 0.276. The second-order valence-corrected chi connectivity index (χ2v) is 9.55. The molecule has 36 heavy (non-hydrogen) atoms. The van der Waals surface area contributed by atoms with Crippen molar-refractivity contribution in [3.8, 4) is 23.1 Å². The Bertz CT molecular complexity index is 1260. The summed E-state index contributed by atoms with van der Waals surface area (Å²) in [5, 5.41) is 16.3. The van der Waals surface area contributed by atoms with Gasteiger partial charge in [0.15, 0.2) is 0 Å². The van der Waals surface area contributed by atoms with Crippen LogP contribution in [0.25, 0.3) is 5.69 Å². The molecule has 1 heterocycles. The van der Waals surface area contributed by atoms with Gasteiger partial charge in [0, 0.05) is 24.2 Å². The number of aliphatic hydroxyl groups excluding tert-OH is 1. The first-order valence-corrected chi connectivity index (χ1v) is 12.6. The zero-order valence-corrected chi connectivity index (χ0v) is 21.0. The molecule has 5 rings (SSSR count). The lowest BCUT2D eigenvalue weighted by atomic mass is 10.2. The van der Waals surface area contributed by atoms with E-state index >= 15 is 0 Å². The molecule has 0 aliphatic heterocycles. The molecule has 1 atom stereocenters. The lowest BCUT2D eigenvalue weighted by Crippen LogP contribution is -2.36. The van der Waals surface area contributed by atoms with Crippen molar-refractivity contribution in [2.24, 2.45) is 0 Å². The average Bonchev–Trinajstić information content (AvgIpc) is 3.71. The number of aliphatic hydroxyl groups is 1. The van der Waals surface area contributed by atoms with E-state index in [1.807, 2.05) is 96.5 Å². The van der Waals surface area contributed by atoms with E-state index in [1.165, 1.54) is 0 Å². The predicted octanol–water partition coefficient (Wildman–Crippen LogP) is 6.03. The zero-order chi connectivity index (χ0) is 24.9. The highest BCUT2D eigenvalue weighted by Crippen LogP contribution is 2.35. The van der Waals surface area contributed by atoms with Crippen LogP contribution in [0.1, 0.15) is 24.1 Å². The molecule has 1 N–H and O–H groups in total. The summed E-state index contributed by atoms with van der Waals surface area (Å²) in [5.41, 5.74) is 2.81. The maximum absolute atomic E-state index is 10.8. The number of aryl methyl sites for hydroxylation is 1. The van der Waals surface area contributed by atoms with Gasteiger partial charge in [-0.25, -0.2) is 4.68 Å². The van der Waals surface area contributed by atoms with E-state index in [9.17, 15) is 5.11 Å². The van der Waals surface area contributed by atoms with E-state index in [-0.39, 0.29) is 6.61 Å². The van der Waals surface area contributed by atoms with Gasteiger partial charge in [-0.1, -0.05) is 48.0 Å². The van der Waals surface area contributed by atoms with Crippen molar-refractivity contribution in [3.05, 3.63) is 101 Å². The fourth-order valence-electron chi connectivity index (χ4n) is 4.20. The standard InChI is InChI=1S/C29H30ClN3O3/c1-21-28(19-32(23-14-15-23)18-25(34)20-35-26-10-6-3-7-11-26)29(36-27-16-12-22(30)13-17-27)33(31-21)24-8-4-2-5-9-24/h2-13,16-17,23,25,34H,14-15,18-20H2,1H3/t25-/m0/s1. The van der Waals surface area contributed by atoms with Crippen LogP contribution in [0.2, 0.25) is 5.02 Å². The lowest BCUT2D eigenvalue weighted by molar-refractivity contribution is 0.0623. The van der Waals surface area contributed by atoms with Crippen molar-refractivity contribution < 1.29 is 14.6 Å². The van der Waals surface area contributed by atoms with Gasteiger partial charge >= 0.3 is 0 Å². The molecule has 0 amide bonds. The summed E-state index contributed by atoms with van der Waals surface area (Å²) >= 11 is 6.09. The molecule has 4 aromatic rings. The third-order valence-electron chi connectivity index (χ3n) is 6.22. The predicted molar refractivity (Wildman–Crippen MR) is 141 cm³/mol. The van der Waals surface area contributed by atoms with Crippen molar-refractivity contribution in [1.82, 2.24) is 14.7 Å². The zero-order valence-electron chi connectivity index (χ0n) is 20.3. The molecule has 186 valence electrons. The molecule has 1 aliphatic rings. The number of hydrogen-bond donors (Lipinski definition) is 1. The van der Waals surface area contributed by atoms with Crippen LogP contribution in [0, 0.1) is 6.92 Å². The van der Waals surface area contributed by atoms with Gasteiger partial charge in [-0.3, -0.25) is 4.90 Å². The topological polar surface area (TPSA) is 59.8 Å². The maximum atomic E-state index is 10.8. The summed E-state index contributed by atoms with van der Waals surface area (Å²) in [6.45, 7) is 3.37. The van der Waals surface area contributed by atoms with Gasteiger partial charge in [-0.15, -0.1) is 0 Å².